The zero-order valence-corrected chi connectivity index (χ0v) is 9.85. The SMILES string of the molecule is O=C1CSC(=O)N1CNc1ccccc1Cl. The van der Waals surface area contributed by atoms with Gasteiger partial charge in [-0.05, 0) is 12.1 Å². The van der Waals surface area contributed by atoms with Crippen LogP contribution in [0.4, 0.5) is 10.5 Å². The molecule has 1 aromatic rings. The van der Waals surface area contributed by atoms with Gasteiger partial charge in [0.05, 0.1) is 23.1 Å². The molecule has 16 heavy (non-hydrogen) atoms. The summed E-state index contributed by atoms with van der Waals surface area (Å²) in [5, 5.41) is 3.30. The van der Waals surface area contributed by atoms with Gasteiger partial charge in [0.25, 0.3) is 5.24 Å². The molecule has 0 radical (unpaired) electrons. The molecule has 0 aromatic heterocycles. The highest BCUT2D eigenvalue weighted by Gasteiger charge is 2.29. The minimum absolute atomic E-state index is 0.161. The predicted molar refractivity (Wildman–Crippen MR) is 64.6 cm³/mol. The highest BCUT2D eigenvalue weighted by molar-refractivity contribution is 8.14. The molecule has 84 valence electrons. The third-order valence-electron chi connectivity index (χ3n) is 2.14. The first-order valence-corrected chi connectivity index (χ1v) is 6.00. The molecule has 0 bridgehead atoms. The maximum Gasteiger partial charge on any atom is 0.290 e. The number of para-hydroxylation sites is 1. The van der Waals surface area contributed by atoms with E-state index in [4.69, 9.17) is 11.6 Å². The number of rotatable bonds is 3. The first-order valence-electron chi connectivity index (χ1n) is 4.64. The molecule has 1 heterocycles. The normalized spacial score (nSPS) is 15.7. The largest absolute Gasteiger partial charge is 0.366 e. The van der Waals surface area contributed by atoms with Crippen LogP contribution in [0.5, 0.6) is 0 Å². The minimum Gasteiger partial charge on any atom is -0.366 e. The zero-order valence-electron chi connectivity index (χ0n) is 8.27. The van der Waals surface area contributed by atoms with Gasteiger partial charge in [0.1, 0.15) is 0 Å². The van der Waals surface area contributed by atoms with Gasteiger partial charge in [-0.15, -0.1) is 0 Å². The molecule has 2 rings (SSSR count). The van der Waals surface area contributed by atoms with Gasteiger partial charge in [-0.1, -0.05) is 35.5 Å². The number of nitrogens with zero attached hydrogens (tertiary/aromatic N) is 1. The van der Waals surface area contributed by atoms with Crippen LogP contribution in [-0.4, -0.2) is 28.5 Å². The number of amides is 2. The van der Waals surface area contributed by atoms with E-state index in [2.05, 4.69) is 5.32 Å². The molecule has 1 saturated heterocycles. The molecule has 2 amide bonds. The Hall–Kier alpha value is -1.20. The van der Waals surface area contributed by atoms with Crippen LogP contribution >= 0.6 is 23.4 Å². The summed E-state index contributed by atoms with van der Waals surface area (Å²) < 4.78 is 0. The standard InChI is InChI=1S/C10H9ClN2O2S/c11-7-3-1-2-4-8(7)12-6-13-9(14)5-16-10(13)15/h1-4,12H,5-6H2. The zero-order chi connectivity index (χ0) is 11.5. The van der Waals surface area contributed by atoms with Crippen LogP contribution in [0, 0.1) is 0 Å². The topological polar surface area (TPSA) is 49.4 Å². The Kier molecular flexibility index (Phi) is 3.36. The molecule has 0 aliphatic carbocycles. The van der Waals surface area contributed by atoms with E-state index in [-0.39, 0.29) is 23.6 Å². The second-order valence-electron chi connectivity index (χ2n) is 3.19. The Balaban J connectivity index is 2.00. The summed E-state index contributed by atoms with van der Waals surface area (Å²) in [4.78, 5) is 23.8. The molecule has 1 aliphatic rings. The molecule has 1 aromatic carbocycles. The Morgan fingerprint density at radius 2 is 2.12 bits per heavy atom. The van der Waals surface area contributed by atoms with E-state index in [1.165, 1.54) is 4.90 Å². The van der Waals surface area contributed by atoms with E-state index in [1.807, 2.05) is 12.1 Å². The Bertz CT molecular complexity index is 423. The van der Waals surface area contributed by atoms with Gasteiger partial charge < -0.3 is 5.32 Å². The van der Waals surface area contributed by atoms with Gasteiger partial charge >= 0.3 is 0 Å². The summed E-state index contributed by atoms with van der Waals surface area (Å²) in [7, 11) is 0. The van der Waals surface area contributed by atoms with E-state index < -0.39 is 0 Å². The number of anilines is 1. The van der Waals surface area contributed by atoms with Crippen LogP contribution in [0.1, 0.15) is 0 Å². The van der Waals surface area contributed by atoms with Gasteiger partial charge in [-0.2, -0.15) is 0 Å². The number of carbonyl (C=O) groups excluding carboxylic acids is 2. The lowest BCUT2D eigenvalue weighted by Gasteiger charge is -2.15. The summed E-state index contributed by atoms with van der Waals surface area (Å²) in [6.07, 6.45) is 0. The molecule has 1 aliphatic heterocycles. The number of imide groups is 1. The fraction of sp³-hybridized carbons (Fsp3) is 0.200. The third kappa shape index (κ3) is 2.31. The van der Waals surface area contributed by atoms with Gasteiger partial charge in [0.2, 0.25) is 5.91 Å². The highest BCUT2D eigenvalue weighted by atomic mass is 35.5. The lowest BCUT2D eigenvalue weighted by atomic mass is 10.3. The van der Waals surface area contributed by atoms with E-state index in [1.54, 1.807) is 12.1 Å². The first-order chi connectivity index (χ1) is 7.68. The molecule has 0 atom stereocenters. The average molecular weight is 257 g/mol. The van der Waals surface area contributed by atoms with Crippen molar-refractivity contribution in [3.05, 3.63) is 29.3 Å². The van der Waals surface area contributed by atoms with Crippen molar-refractivity contribution < 1.29 is 9.59 Å². The van der Waals surface area contributed by atoms with Crippen LogP contribution < -0.4 is 5.32 Å². The monoisotopic (exact) mass is 256 g/mol. The van der Waals surface area contributed by atoms with Gasteiger partial charge in [0, 0.05) is 0 Å². The van der Waals surface area contributed by atoms with Crippen LogP contribution in [0.15, 0.2) is 24.3 Å². The quantitative estimate of drug-likeness (QED) is 0.902. The maximum atomic E-state index is 11.3. The van der Waals surface area contributed by atoms with E-state index in [0.717, 1.165) is 11.8 Å². The predicted octanol–water partition coefficient (Wildman–Crippen LogP) is 2.40. The van der Waals surface area contributed by atoms with E-state index >= 15 is 0 Å². The Labute approximate surface area is 102 Å². The Morgan fingerprint density at radius 1 is 1.38 bits per heavy atom. The summed E-state index contributed by atoms with van der Waals surface area (Å²) in [6, 6.07) is 7.18. The van der Waals surface area contributed by atoms with Crippen LogP contribution in [-0.2, 0) is 4.79 Å². The number of nitrogens with one attached hydrogen (secondary N) is 1. The number of carbonyl (C=O) groups is 2. The molecular weight excluding hydrogens is 248 g/mol. The van der Waals surface area contributed by atoms with Crippen molar-refractivity contribution in [1.82, 2.24) is 4.90 Å². The molecule has 4 nitrogen and oxygen atoms in total. The molecule has 1 fully saturated rings. The van der Waals surface area contributed by atoms with Crippen LogP contribution in [0.3, 0.4) is 0 Å². The van der Waals surface area contributed by atoms with Crippen LogP contribution in [0.25, 0.3) is 0 Å². The minimum atomic E-state index is -0.218. The van der Waals surface area contributed by atoms with Crippen molar-refractivity contribution in [2.45, 2.75) is 0 Å². The van der Waals surface area contributed by atoms with Gasteiger partial charge in [0.15, 0.2) is 0 Å². The first kappa shape index (κ1) is 11.3. The van der Waals surface area contributed by atoms with Crippen molar-refractivity contribution in [3.8, 4) is 0 Å². The number of thioether (sulfide) groups is 1. The molecule has 0 saturated carbocycles. The van der Waals surface area contributed by atoms with Gasteiger partial charge in [-0.25, -0.2) is 0 Å². The van der Waals surface area contributed by atoms with Crippen molar-refractivity contribution in [3.63, 3.8) is 0 Å². The number of hydrogen-bond acceptors (Lipinski definition) is 4. The summed E-state index contributed by atoms with van der Waals surface area (Å²) in [5.74, 6) is 0.0535. The van der Waals surface area contributed by atoms with Crippen molar-refractivity contribution in [2.24, 2.45) is 0 Å². The number of halogens is 1. The van der Waals surface area contributed by atoms with E-state index in [0.29, 0.717) is 10.7 Å². The second kappa shape index (κ2) is 4.76. The second-order valence-corrected chi connectivity index (χ2v) is 4.52. The van der Waals surface area contributed by atoms with Gasteiger partial charge in [-0.3, -0.25) is 14.5 Å². The summed E-state index contributed by atoms with van der Waals surface area (Å²) >= 11 is 6.94. The number of hydrogen-bond donors (Lipinski definition) is 1. The average Bonchev–Trinajstić information content (AvgIpc) is 2.58. The fourth-order valence-corrected chi connectivity index (χ4v) is 2.23. The van der Waals surface area contributed by atoms with Crippen molar-refractivity contribution in [2.75, 3.05) is 17.7 Å². The summed E-state index contributed by atoms with van der Waals surface area (Å²) in [5.41, 5.74) is 0.710. The lowest BCUT2D eigenvalue weighted by molar-refractivity contribution is -0.124. The highest BCUT2D eigenvalue weighted by Crippen LogP contribution is 2.22. The molecule has 0 unspecified atom stereocenters. The van der Waals surface area contributed by atoms with Crippen molar-refractivity contribution >= 4 is 40.2 Å². The van der Waals surface area contributed by atoms with Crippen molar-refractivity contribution in [1.29, 1.82) is 0 Å². The Morgan fingerprint density at radius 3 is 2.75 bits per heavy atom. The fourth-order valence-electron chi connectivity index (χ4n) is 1.30. The molecule has 1 N–H and O–H groups in total. The molecule has 6 heteroatoms. The summed E-state index contributed by atoms with van der Waals surface area (Å²) in [6.45, 7) is 0.161. The molecular formula is C10H9ClN2O2S. The maximum absolute atomic E-state index is 11.3. The molecule has 0 spiro atoms. The number of benzene rings is 1. The van der Waals surface area contributed by atoms with E-state index in [9.17, 15) is 9.59 Å². The smallest absolute Gasteiger partial charge is 0.290 e. The lowest BCUT2D eigenvalue weighted by Crippen LogP contribution is -2.33. The third-order valence-corrected chi connectivity index (χ3v) is 3.33. The van der Waals surface area contributed by atoms with Crippen LogP contribution in [0.2, 0.25) is 5.02 Å².